The van der Waals surface area contributed by atoms with Gasteiger partial charge in [-0.3, -0.25) is 0 Å². The van der Waals surface area contributed by atoms with E-state index in [1.54, 1.807) is 0 Å². The van der Waals surface area contributed by atoms with Gasteiger partial charge in [-0.1, -0.05) is 48.0 Å². The molecular formula is C18H10BrClO. The molecule has 0 unspecified atom stereocenters. The summed E-state index contributed by atoms with van der Waals surface area (Å²) in [6.45, 7) is 0. The van der Waals surface area contributed by atoms with Crippen LogP contribution < -0.4 is 0 Å². The average molecular weight is 358 g/mol. The predicted octanol–water partition coefficient (Wildman–Crippen LogP) is 6.67. The lowest BCUT2D eigenvalue weighted by atomic mass is 10.0. The maximum absolute atomic E-state index is 6.40. The summed E-state index contributed by atoms with van der Waals surface area (Å²) in [6.07, 6.45) is 0. The molecule has 0 radical (unpaired) electrons. The number of furan rings is 1. The third kappa shape index (κ3) is 2.06. The lowest BCUT2D eigenvalue weighted by Crippen LogP contribution is -1.80. The summed E-state index contributed by atoms with van der Waals surface area (Å²) >= 11 is 9.88. The van der Waals surface area contributed by atoms with E-state index < -0.39 is 0 Å². The highest BCUT2D eigenvalue weighted by atomic mass is 79.9. The Morgan fingerprint density at radius 1 is 0.810 bits per heavy atom. The van der Waals surface area contributed by atoms with E-state index in [4.69, 9.17) is 16.0 Å². The van der Waals surface area contributed by atoms with Crippen molar-refractivity contribution in [2.75, 3.05) is 0 Å². The van der Waals surface area contributed by atoms with Crippen LogP contribution in [-0.2, 0) is 0 Å². The number of hydrogen-bond donors (Lipinski definition) is 0. The first-order chi connectivity index (χ1) is 10.2. The van der Waals surface area contributed by atoms with E-state index in [0.717, 1.165) is 42.6 Å². The number of para-hydroxylation sites is 1. The van der Waals surface area contributed by atoms with Crippen molar-refractivity contribution in [3.63, 3.8) is 0 Å². The number of rotatable bonds is 1. The smallest absolute Gasteiger partial charge is 0.135 e. The molecule has 4 aromatic rings. The summed E-state index contributed by atoms with van der Waals surface area (Å²) in [7, 11) is 0. The van der Waals surface area contributed by atoms with Crippen LogP contribution in [-0.4, -0.2) is 0 Å². The van der Waals surface area contributed by atoms with Crippen LogP contribution >= 0.6 is 27.5 Å². The van der Waals surface area contributed by atoms with E-state index in [1.807, 2.05) is 48.5 Å². The molecule has 0 saturated carbocycles. The fraction of sp³-hybridized carbons (Fsp3) is 0. The molecule has 1 heterocycles. The third-order valence-electron chi connectivity index (χ3n) is 3.64. The Bertz CT molecular complexity index is 971. The van der Waals surface area contributed by atoms with E-state index >= 15 is 0 Å². The van der Waals surface area contributed by atoms with Crippen molar-refractivity contribution >= 4 is 49.5 Å². The third-order valence-corrected chi connectivity index (χ3v) is 4.94. The van der Waals surface area contributed by atoms with Gasteiger partial charge in [0, 0.05) is 20.8 Å². The average Bonchev–Trinajstić information content (AvgIpc) is 2.88. The number of hydrogen-bond acceptors (Lipinski definition) is 1. The van der Waals surface area contributed by atoms with E-state index in [0.29, 0.717) is 0 Å². The molecule has 0 bridgehead atoms. The molecule has 3 heteroatoms. The summed E-state index contributed by atoms with van der Waals surface area (Å²) in [5.41, 5.74) is 3.90. The van der Waals surface area contributed by atoms with Gasteiger partial charge in [0.25, 0.3) is 0 Å². The first-order valence-corrected chi connectivity index (χ1v) is 7.77. The summed E-state index contributed by atoms with van der Waals surface area (Å²) in [4.78, 5) is 0. The molecule has 0 saturated heterocycles. The van der Waals surface area contributed by atoms with Crippen molar-refractivity contribution in [1.29, 1.82) is 0 Å². The molecule has 102 valence electrons. The van der Waals surface area contributed by atoms with Gasteiger partial charge < -0.3 is 4.42 Å². The maximum Gasteiger partial charge on any atom is 0.135 e. The van der Waals surface area contributed by atoms with E-state index in [-0.39, 0.29) is 0 Å². The quantitative estimate of drug-likeness (QED) is 0.371. The zero-order valence-corrected chi connectivity index (χ0v) is 13.3. The fourth-order valence-corrected chi connectivity index (χ4v) is 3.22. The highest BCUT2D eigenvalue weighted by Gasteiger charge is 2.10. The summed E-state index contributed by atoms with van der Waals surface area (Å²) in [6, 6.07) is 20.2. The largest absolute Gasteiger partial charge is 0.456 e. The van der Waals surface area contributed by atoms with Crippen molar-refractivity contribution in [1.82, 2.24) is 0 Å². The molecule has 4 rings (SSSR count). The number of halogens is 2. The molecule has 0 aliphatic heterocycles. The second kappa shape index (κ2) is 4.90. The van der Waals surface area contributed by atoms with Crippen molar-refractivity contribution in [2.24, 2.45) is 0 Å². The molecule has 0 amide bonds. The minimum absolute atomic E-state index is 0.727. The molecule has 0 N–H and O–H groups in total. The standard InChI is InChI=1S/C18H10BrClO/c19-15-6-3-5-12(18(15)20)11-8-9-17-14(10-11)13-4-1-2-7-16(13)21-17/h1-10H. The lowest BCUT2D eigenvalue weighted by molar-refractivity contribution is 0.669. The summed E-state index contributed by atoms with van der Waals surface area (Å²) in [5, 5.41) is 2.96. The van der Waals surface area contributed by atoms with Crippen LogP contribution in [0.4, 0.5) is 0 Å². The minimum Gasteiger partial charge on any atom is -0.456 e. The predicted molar refractivity (Wildman–Crippen MR) is 91.9 cm³/mol. The first-order valence-electron chi connectivity index (χ1n) is 6.60. The van der Waals surface area contributed by atoms with Gasteiger partial charge in [0.05, 0.1) is 5.02 Å². The molecule has 1 nitrogen and oxygen atoms in total. The first kappa shape index (κ1) is 12.9. The van der Waals surface area contributed by atoms with Gasteiger partial charge in [0.1, 0.15) is 11.2 Å². The monoisotopic (exact) mass is 356 g/mol. The molecular weight excluding hydrogens is 348 g/mol. The van der Waals surface area contributed by atoms with Gasteiger partial charge in [-0.25, -0.2) is 0 Å². The highest BCUT2D eigenvalue weighted by Crippen LogP contribution is 2.37. The van der Waals surface area contributed by atoms with Crippen LogP contribution in [0.2, 0.25) is 5.02 Å². The Morgan fingerprint density at radius 2 is 1.62 bits per heavy atom. The van der Waals surface area contributed by atoms with Crippen LogP contribution in [0.3, 0.4) is 0 Å². The van der Waals surface area contributed by atoms with Crippen molar-refractivity contribution in [3.8, 4) is 11.1 Å². The van der Waals surface area contributed by atoms with Crippen LogP contribution in [0.25, 0.3) is 33.1 Å². The van der Waals surface area contributed by atoms with Gasteiger partial charge >= 0.3 is 0 Å². The van der Waals surface area contributed by atoms with E-state index in [2.05, 4.69) is 28.1 Å². The molecule has 21 heavy (non-hydrogen) atoms. The highest BCUT2D eigenvalue weighted by molar-refractivity contribution is 9.10. The van der Waals surface area contributed by atoms with Gasteiger partial charge in [0.2, 0.25) is 0 Å². The molecule has 0 atom stereocenters. The fourth-order valence-electron chi connectivity index (χ4n) is 2.62. The van der Waals surface area contributed by atoms with Crippen LogP contribution in [0, 0.1) is 0 Å². The van der Waals surface area contributed by atoms with Crippen molar-refractivity contribution in [3.05, 3.63) is 70.2 Å². The molecule has 1 aromatic heterocycles. The van der Waals surface area contributed by atoms with E-state index in [9.17, 15) is 0 Å². The lowest BCUT2D eigenvalue weighted by Gasteiger charge is -2.06. The maximum atomic E-state index is 6.40. The van der Waals surface area contributed by atoms with Gasteiger partial charge in [0.15, 0.2) is 0 Å². The Kier molecular flexibility index (Phi) is 3.02. The Balaban J connectivity index is 2.02. The zero-order chi connectivity index (χ0) is 14.4. The molecule has 0 aliphatic carbocycles. The zero-order valence-electron chi connectivity index (χ0n) is 10.9. The summed E-state index contributed by atoms with van der Waals surface area (Å²) < 4.78 is 6.76. The van der Waals surface area contributed by atoms with E-state index in [1.165, 1.54) is 0 Å². The van der Waals surface area contributed by atoms with Gasteiger partial charge in [-0.15, -0.1) is 0 Å². The molecule has 0 fully saturated rings. The second-order valence-corrected chi connectivity index (χ2v) is 6.14. The summed E-state index contributed by atoms with van der Waals surface area (Å²) in [5.74, 6) is 0. The molecule has 0 aliphatic rings. The van der Waals surface area contributed by atoms with Crippen LogP contribution in [0.1, 0.15) is 0 Å². The Labute approximate surface area is 135 Å². The van der Waals surface area contributed by atoms with Gasteiger partial charge in [-0.05, 0) is 45.8 Å². The van der Waals surface area contributed by atoms with Crippen molar-refractivity contribution in [2.45, 2.75) is 0 Å². The van der Waals surface area contributed by atoms with Crippen molar-refractivity contribution < 1.29 is 4.42 Å². The SMILES string of the molecule is Clc1c(Br)cccc1-c1ccc2oc3ccccc3c2c1. The van der Waals surface area contributed by atoms with Crippen LogP contribution in [0.15, 0.2) is 69.6 Å². The normalized spacial score (nSPS) is 11.3. The Morgan fingerprint density at radius 3 is 2.52 bits per heavy atom. The molecule has 3 aromatic carbocycles. The van der Waals surface area contributed by atoms with Crippen LogP contribution in [0.5, 0.6) is 0 Å². The van der Waals surface area contributed by atoms with Gasteiger partial charge in [-0.2, -0.15) is 0 Å². The topological polar surface area (TPSA) is 13.1 Å². The minimum atomic E-state index is 0.727. The number of benzene rings is 3. The molecule has 0 spiro atoms. The Hall–Kier alpha value is -1.77. The second-order valence-electron chi connectivity index (χ2n) is 4.91. The number of fused-ring (bicyclic) bond motifs is 3.